The van der Waals surface area contributed by atoms with Crippen LogP contribution in [0.25, 0.3) is 0 Å². The van der Waals surface area contributed by atoms with E-state index in [0.717, 1.165) is 79.5 Å². The van der Waals surface area contributed by atoms with E-state index in [0.29, 0.717) is 18.9 Å². The number of piperidine rings is 3. The van der Waals surface area contributed by atoms with Crippen molar-refractivity contribution in [1.82, 2.24) is 4.98 Å². The van der Waals surface area contributed by atoms with Crippen molar-refractivity contribution in [2.75, 3.05) is 26.2 Å². The zero-order chi connectivity index (χ0) is 24.3. The Bertz CT molecular complexity index is 1030. The number of carbonyl (C=O) groups excluding carboxylic acids is 2. The van der Waals surface area contributed by atoms with Crippen LogP contribution in [-0.2, 0) is 26.2 Å². The molecule has 1 aromatic carbocycles. The fourth-order valence-electron chi connectivity index (χ4n) is 6.90. The molecule has 5 nitrogen and oxygen atoms in total. The number of quaternary nitrogens is 1. The highest BCUT2D eigenvalue weighted by molar-refractivity contribution is 5.83. The summed E-state index contributed by atoms with van der Waals surface area (Å²) in [5.74, 6) is 0.669. The first-order chi connectivity index (χ1) is 17.0. The minimum Gasteiger partial charge on any atom is -0.455 e. The molecule has 0 amide bonds. The number of pyridine rings is 1. The fourth-order valence-corrected chi connectivity index (χ4v) is 6.90. The SMILES string of the molecule is Cc1cc(CC(=O)C[N+]23CCC(CC2)[C@@H](OC(=O)C2(c4ccccc4)CCCCCC2)C3)ccn1. The average Bonchev–Trinajstić information content (AvgIpc) is 3.12. The molecular formula is C30H39N2O3+. The molecule has 2 aromatic rings. The Labute approximate surface area is 209 Å². The number of hydrogen-bond donors (Lipinski definition) is 0. The predicted molar refractivity (Wildman–Crippen MR) is 136 cm³/mol. The van der Waals surface area contributed by atoms with E-state index in [2.05, 4.69) is 17.1 Å². The third kappa shape index (κ3) is 5.20. The molecule has 6 rings (SSSR count). The van der Waals surface area contributed by atoms with Gasteiger partial charge in [-0.05, 0) is 43.0 Å². The third-order valence-corrected chi connectivity index (χ3v) is 8.85. The quantitative estimate of drug-likeness (QED) is 0.323. The molecule has 186 valence electrons. The Morgan fingerprint density at radius 3 is 2.43 bits per heavy atom. The molecule has 0 radical (unpaired) electrons. The van der Waals surface area contributed by atoms with Crippen LogP contribution in [0.3, 0.4) is 0 Å². The summed E-state index contributed by atoms with van der Waals surface area (Å²) in [6.07, 6.45) is 10.5. The summed E-state index contributed by atoms with van der Waals surface area (Å²) in [5.41, 5.74) is 2.57. The summed E-state index contributed by atoms with van der Waals surface area (Å²) in [6.45, 7) is 5.31. The molecule has 1 atom stereocenters. The molecule has 2 bridgehead atoms. The van der Waals surface area contributed by atoms with E-state index in [1.54, 1.807) is 6.20 Å². The molecule has 4 fully saturated rings. The average molecular weight is 476 g/mol. The van der Waals surface area contributed by atoms with Crippen molar-refractivity contribution < 1.29 is 18.8 Å². The first-order valence-electron chi connectivity index (χ1n) is 13.5. The minimum absolute atomic E-state index is 0.0268. The predicted octanol–water partition coefficient (Wildman–Crippen LogP) is 4.95. The Hall–Kier alpha value is -2.53. The van der Waals surface area contributed by atoms with Crippen LogP contribution in [-0.4, -0.2) is 53.5 Å². The van der Waals surface area contributed by atoms with Crippen LogP contribution in [0.15, 0.2) is 48.7 Å². The molecule has 4 heterocycles. The van der Waals surface area contributed by atoms with Gasteiger partial charge in [-0.3, -0.25) is 14.6 Å². The maximum Gasteiger partial charge on any atom is 0.317 e. The minimum atomic E-state index is -0.524. The Kier molecular flexibility index (Phi) is 7.06. The highest BCUT2D eigenvalue weighted by atomic mass is 16.5. The van der Waals surface area contributed by atoms with Gasteiger partial charge in [-0.1, -0.05) is 56.0 Å². The van der Waals surface area contributed by atoms with Gasteiger partial charge in [0, 0.05) is 37.1 Å². The van der Waals surface area contributed by atoms with E-state index < -0.39 is 5.41 Å². The molecule has 0 spiro atoms. The zero-order valence-corrected chi connectivity index (χ0v) is 21.1. The van der Waals surface area contributed by atoms with E-state index in [1.807, 2.05) is 37.3 Å². The molecule has 4 aliphatic rings. The summed E-state index contributed by atoms with van der Waals surface area (Å²) in [7, 11) is 0. The van der Waals surface area contributed by atoms with Crippen molar-refractivity contribution in [3.05, 3.63) is 65.5 Å². The number of aromatic nitrogens is 1. The Balaban J connectivity index is 1.29. The molecule has 1 saturated carbocycles. The lowest BCUT2D eigenvalue weighted by atomic mass is 9.74. The van der Waals surface area contributed by atoms with E-state index in [9.17, 15) is 9.59 Å². The van der Waals surface area contributed by atoms with Crippen molar-refractivity contribution in [3.8, 4) is 0 Å². The monoisotopic (exact) mass is 475 g/mol. The number of ketones is 1. The van der Waals surface area contributed by atoms with Gasteiger partial charge in [0.2, 0.25) is 0 Å². The number of benzene rings is 1. The van der Waals surface area contributed by atoms with Crippen molar-refractivity contribution >= 4 is 11.8 Å². The van der Waals surface area contributed by atoms with Gasteiger partial charge < -0.3 is 9.22 Å². The summed E-state index contributed by atoms with van der Waals surface area (Å²) in [4.78, 5) is 31.2. The van der Waals surface area contributed by atoms with E-state index in [-0.39, 0.29) is 17.9 Å². The number of carbonyl (C=O) groups is 2. The van der Waals surface area contributed by atoms with Crippen molar-refractivity contribution in [2.24, 2.45) is 5.92 Å². The van der Waals surface area contributed by atoms with Crippen molar-refractivity contribution in [1.29, 1.82) is 0 Å². The van der Waals surface area contributed by atoms with E-state index in [4.69, 9.17) is 4.74 Å². The molecule has 5 heteroatoms. The van der Waals surface area contributed by atoms with Gasteiger partial charge in [0.05, 0.1) is 18.5 Å². The third-order valence-electron chi connectivity index (χ3n) is 8.85. The molecule has 35 heavy (non-hydrogen) atoms. The number of hydrogen-bond acceptors (Lipinski definition) is 4. The maximum absolute atomic E-state index is 13.9. The number of ether oxygens (including phenoxy) is 1. The van der Waals surface area contributed by atoms with Gasteiger partial charge in [-0.2, -0.15) is 0 Å². The number of rotatable bonds is 7. The standard InChI is InChI=1S/C30H39N2O3/c1-23-19-24(11-16-31-23)20-27(33)21-32-17-12-25(13-18-32)28(22-32)35-29(34)30(14-7-2-3-8-15-30)26-9-5-4-6-10-26/h4-6,9-11,16,19,25,28H,2-3,7-8,12-15,17-18,20-22H2,1H3/q+1/t25?,28-,32?/m0/s1. The lowest BCUT2D eigenvalue weighted by molar-refractivity contribution is -0.939. The second kappa shape index (κ2) is 10.2. The maximum atomic E-state index is 13.9. The van der Waals surface area contributed by atoms with Crippen LogP contribution < -0.4 is 0 Å². The summed E-state index contributed by atoms with van der Waals surface area (Å²) in [6, 6.07) is 14.3. The Morgan fingerprint density at radius 1 is 1.03 bits per heavy atom. The molecule has 0 N–H and O–H groups in total. The highest BCUT2D eigenvalue weighted by Crippen LogP contribution is 2.42. The van der Waals surface area contributed by atoms with Gasteiger partial charge in [-0.15, -0.1) is 0 Å². The first-order valence-corrected chi connectivity index (χ1v) is 13.5. The number of esters is 1. The van der Waals surface area contributed by atoms with Gasteiger partial charge in [0.1, 0.15) is 13.1 Å². The van der Waals surface area contributed by atoms with Crippen molar-refractivity contribution in [3.63, 3.8) is 0 Å². The number of fused-ring (bicyclic) bond motifs is 3. The van der Waals surface area contributed by atoms with Crippen LogP contribution in [0, 0.1) is 12.8 Å². The number of Topliss-reactive ketones (excluding diaryl/α,β-unsaturated/α-hetero) is 1. The number of nitrogens with zero attached hydrogens (tertiary/aromatic N) is 2. The molecule has 3 aliphatic heterocycles. The molecule has 1 aromatic heterocycles. The second-order valence-electron chi connectivity index (χ2n) is 11.3. The second-order valence-corrected chi connectivity index (χ2v) is 11.3. The summed E-state index contributed by atoms with van der Waals surface area (Å²) >= 11 is 0. The van der Waals surface area contributed by atoms with E-state index >= 15 is 0 Å². The first kappa shape index (κ1) is 24.2. The smallest absolute Gasteiger partial charge is 0.317 e. The molecule has 1 aliphatic carbocycles. The highest BCUT2D eigenvalue weighted by Gasteiger charge is 2.50. The summed E-state index contributed by atoms with van der Waals surface area (Å²) in [5, 5.41) is 0. The molecule has 3 saturated heterocycles. The van der Waals surface area contributed by atoms with Crippen LogP contribution in [0.1, 0.15) is 68.2 Å². The lowest BCUT2D eigenvalue weighted by Gasteiger charge is -2.52. The Morgan fingerprint density at radius 2 is 1.74 bits per heavy atom. The van der Waals surface area contributed by atoms with Gasteiger partial charge in [0.15, 0.2) is 11.9 Å². The zero-order valence-electron chi connectivity index (χ0n) is 21.1. The normalized spacial score (nSPS) is 27.7. The molecule has 0 unspecified atom stereocenters. The largest absolute Gasteiger partial charge is 0.455 e. The van der Waals surface area contributed by atoms with Crippen LogP contribution in [0.2, 0.25) is 0 Å². The number of aryl methyl sites for hydroxylation is 1. The fraction of sp³-hybridized carbons (Fsp3) is 0.567. The van der Waals surface area contributed by atoms with Gasteiger partial charge >= 0.3 is 5.97 Å². The van der Waals surface area contributed by atoms with Crippen LogP contribution in [0.4, 0.5) is 0 Å². The summed E-state index contributed by atoms with van der Waals surface area (Å²) < 4.78 is 7.22. The van der Waals surface area contributed by atoms with Crippen LogP contribution in [0.5, 0.6) is 0 Å². The molecular weight excluding hydrogens is 436 g/mol. The van der Waals surface area contributed by atoms with Gasteiger partial charge in [-0.25, -0.2) is 0 Å². The van der Waals surface area contributed by atoms with E-state index in [1.165, 1.54) is 12.8 Å². The topological polar surface area (TPSA) is 56.3 Å². The lowest BCUT2D eigenvalue weighted by Crippen LogP contribution is -2.66. The van der Waals surface area contributed by atoms with Crippen LogP contribution >= 0.6 is 0 Å². The van der Waals surface area contributed by atoms with Gasteiger partial charge in [0.25, 0.3) is 0 Å². The van der Waals surface area contributed by atoms with Crippen molar-refractivity contribution in [2.45, 2.75) is 76.2 Å².